The lowest BCUT2D eigenvalue weighted by molar-refractivity contribution is 0.482. The van der Waals surface area contributed by atoms with Crippen LogP contribution in [-0.4, -0.2) is 12.1 Å². The molecule has 3 heteroatoms. The van der Waals surface area contributed by atoms with Gasteiger partial charge in [0.25, 0.3) is 0 Å². The minimum Gasteiger partial charge on any atom is -0.405 e. The minimum absolute atomic E-state index is 0.845. The fourth-order valence-corrected chi connectivity index (χ4v) is 1.04. The first-order chi connectivity index (χ1) is 7.01. The zero-order valence-corrected chi connectivity index (χ0v) is 9.40. The van der Waals surface area contributed by atoms with E-state index in [4.69, 9.17) is 11.6 Å². The molecule has 0 radical (unpaired) electrons. The molecule has 0 bridgehead atoms. The van der Waals surface area contributed by atoms with E-state index >= 15 is 0 Å². The van der Waals surface area contributed by atoms with Crippen LogP contribution in [0.1, 0.15) is 6.92 Å². The zero-order chi connectivity index (χ0) is 11.8. The third-order valence-electron chi connectivity index (χ3n) is 1.69. The summed E-state index contributed by atoms with van der Waals surface area (Å²) in [7, 11) is 1.74. The van der Waals surface area contributed by atoms with Gasteiger partial charge in [0.05, 0.1) is 0 Å². The lowest BCUT2D eigenvalue weighted by atomic mass is 10.1. The third-order valence-corrected chi connectivity index (χ3v) is 1.69. The lowest BCUT2D eigenvalue weighted by Crippen LogP contribution is -2.19. The normalized spacial score (nSPS) is 13.0. The van der Waals surface area contributed by atoms with E-state index in [-0.39, 0.29) is 0 Å². The Labute approximate surface area is 91.7 Å². The van der Waals surface area contributed by atoms with Gasteiger partial charge in [0.2, 0.25) is 0 Å². The number of hydrogen-bond acceptors (Lipinski definition) is 3. The summed E-state index contributed by atoms with van der Waals surface area (Å²) in [6.07, 6.45) is 8.68. The molecule has 0 atom stereocenters. The largest absolute Gasteiger partial charge is 0.405 e. The van der Waals surface area contributed by atoms with Crippen molar-refractivity contribution in [1.29, 1.82) is 0 Å². The van der Waals surface area contributed by atoms with E-state index in [0.717, 1.165) is 16.7 Å². The van der Waals surface area contributed by atoms with E-state index in [1.54, 1.807) is 25.4 Å². The third kappa shape index (κ3) is 5.54. The molecule has 0 fully saturated rings. The van der Waals surface area contributed by atoms with Gasteiger partial charge in [0.1, 0.15) is 0 Å². The number of hydrazine groups is 1. The second-order valence-electron chi connectivity index (χ2n) is 3.23. The minimum atomic E-state index is 0.845. The van der Waals surface area contributed by atoms with Crippen LogP contribution in [0.25, 0.3) is 0 Å². The molecule has 0 heterocycles. The van der Waals surface area contributed by atoms with E-state index in [0.29, 0.717) is 0 Å². The Hall–Kier alpha value is -1.74. The first-order valence-corrected chi connectivity index (χ1v) is 4.59. The predicted octanol–water partition coefficient (Wildman–Crippen LogP) is 1.84. The van der Waals surface area contributed by atoms with Gasteiger partial charge in [0.15, 0.2) is 0 Å². The van der Waals surface area contributed by atoms with Crippen LogP contribution in [0.5, 0.6) is 0 Å². The molecule has 0 spiro atoms. The van der Waals surface area contributed by atoms with E-state index in [2.05, 4.69) is 13.2 Å². The first kappa shape index (κ1) is 13.3. The van der Waals surface area contributed by atoms with Crippen molar-refractivity contribution in [3.63, 3.8) is 0 Å². The highest BCUT2D eigenvalue weighted by Crippen LogP contribution is 2.13. The number of nitrogens with zero attached hydrogens (tertiary/aromatic N) is 1. The Bertz CT molecular complexity index is 320. The number of allylic oxidation sites excluding steroid dienone is 6. The fraction of sp³-hybridized carbons (Fsp3) is 0.167. The van der Waals surface area contributed by atoms with Crippen LogP contribution >= 0.6 is 0 Å². The molecule has 0 saturated carbocycles. The van der Waals surface area contributed by atoms with Gasteiger partial charge >= 0.3 is 0 Å². The molecule has 0 rings (SSSR count). The summed E-state index contributed by atoms with van der Waals surface area (Å²) in [5.41, 5.74) is 8.03. The Morgan fingerprint density at radius 3 is 2.40 bits per heavy atom. The van der Waals surface area contributed by atoms with E-state index in [1.165, 1.54) is 11.2 Å². The average molecular weight is 205 g/mol. The topological polar surface area (TPSA) is 55.3 Å². The average Bonchev–Trinajstić information content (AvgIpc) is 2.13. The molecular weight excluding hydrogens is 186 g/mol. The van der Waals surface area contributed by atoms with Gasteiger partial charge in [-0.2, -0.15) is 0 Å². The standard InChI is InChI=1S/C12H19N3/c1-5-12(9-15(4)14)11(3)8-10(2)6-7-13/h5-9H,1,3,13-14H2,2,4H3/b7-6-,10-8-,12-9+. The summed E-state index contributed by atoms with van der Waals surface area (Å²) in [5, 5.41) is 1.46. The monoisotopic (exact) mass is 205 g/mol. The van der Waals surface area contributed by atoms with Crippen molar-refractivity contribution in [3.05, 3.63) is 60.5 Å². The summed E-state index contributed by atoms with van der Waals surface area (Å²) in [6.45, 7) is 9.58. The van der Waals surface area contributed by atoms with Crippen molar-refractivity contribution in [3.8, 4) is 0 Å². The van der Waals surface area contributed by atoms with Gasteiger partial charge < -0.3 is 10.7 Å². The van der Waals surface area contributed by atoms with Gasteiger partial charge in [-0.1, -0.05) is 25.3 Å². The van der Waals surface area contributed by atoms with Crippen LogP contribution in [0.2, 0.25) is 0 Å². The van der Waals surface area contributed by atoms with Crippen molar-refractivity contribution in [1.82, 2.24) is 5.01 Å². The second kappa shape index (κ2) is 6.68. The summed E-state index contributed by atoms with van der Waals surface area (Å²) in [4.78, 5) is 0. The maximum Gasteiger partial charge on any atom is 0.0230 e. The Balaban J connectivity index is 4.83. The molecule has 15 heavy (non-hydrogen) atoms. The summed E-state index contributed by atoms with van der Waals surface area (Å²) in [6, 6.07) is 0. The van der Waals surface area contributed by atoms with Crippen LogP contribution in [0.3, 0.4) is 0 Å². The smallest absolute Gasteiger partial charge is 0.0230 e. The van der Waals surface area contributed by atoms with Gasteiger partial charge in [-0.05, 0) is 35.9 Å². The molecule has 4 N–H and O–H groups in total. The molecule has 0 aliphatic carbocycles. The van der Waals surface area contributed by atoms with Crippen LogP contribution in [0, 0.1) is 0 Å². The summed E-state index contributed by atoms with van der Waals surface area (Å²) >= 11 is 0. The fourth-order valence-electron chi connectivity index (χ4n) is 1.04. The maximum absolute atomic E-state index is 5.51. The Kier molecular flexibility index (Phi) is 5.90. The van der Waals surface area contributed by atoms with Crippen LogP contribution in [-0.2, 0) is 0 Å². The number of hydrogen-bond donors (Lipinski definition) is 2. The molecule has 0 aromatic rings. The quantitative estimate of drug-likeness (QED) is 0.409. The first-order valence-electron chi connectivity index (χ1n) is 4.59. The molecule has 0 aliphatic rings. The Morgan fingerprint density at radius 1 is 1.40 bits per heavy atom. The van der Waals surface area contributed by atoms with Crippen molar-refractivity contribution in [2.24, 2.45) is 11.6 Å². The van der Waals surface area contributed by atoms with Crippen molar-refractivity contribution < 1.29 is 0 Å². The van der Waals surface area contributed by atoms with Crippen molar-refractivity contribution in [2.75, 3.05) is 7.05 Å². The SMILES string of the molecule is C=C/C(=C\N(C)N)C(=C)/C=C(C)\C=C/N. The highest BCUT2D eigenvalue weighted by atomic mass is 15.4. The van der Waals surface area contributed by atoms with Crippen LogP contribution in [0.4, 0.5) is 0 Å². The maximum atomic E-state index is 5.51. The van der Waals surface area contributed by atoms with Gasteiger partial charge in [-0.3, -0.25) is 0 Å². The van der Waals surface area contributed by atoms with Gasteiger partial charge in [-0.15, -0.1) is 0 Å². The lowest BCUT2D eigenvalue weighted by Gasteiger charge is -2.08. The van der Waals surface area contributed by atoms with E-state index < -0.39 is 0 Å². The van der Waals surface area contributed by atoms with Crippen molar-refractivity contribution >= 4 is 0 Å². The molecule has 3 nitrogen and oxygen atoms in total. The highest BCUT2D eigenvalue weighted by Gasteiger charge is 1.96. The van der Waals surface area contributed by atoms with Crippen LogP contribution in [0.15, 0.2) is 60.5 Å². The van der Waals surface area contributed by atoms with Gasteiger partial charge in [-0.25, -0.2) is 5.84 Å². The molecular formula is C12H19N3. The highest BCUT2D eigenvalue weighted by molar-refractivity contribution is 5.45. The molecule has 0 aromatic heterocycles. The van der Waals surface area contributed by atoms with E-state index in [9.17, 15) is 0 Å². The summed E-state index contributed by atoms with van der Waals surface area (Å²) in [5.74, 6) is 5.51. The van der Waals surface area contributed by atoms with E-state index in [1.807, 2.05) is 13.0 Å². The number of nitrogens with two attached hydrogens (primary N) is 2. The molecule has 0 saturated heterocycles. The summed E-state index contributed by atoms with van der Waals surface area (Å²) < 4.78 is 0. The molecule has 0 aromatic carbocycles. The van der Waals surface area contributed by atoms with Gasteiger partial charge in [0, 0.05) is 13.2 Å². The molecule has 0 aliphatic heterocycles. The Morgan fingerprint density at radius 2 is 2.00 bits per heavy atom. The van der Waals surface area contributed by atoms with Crippen molar-refractivity contribution in [2.45, 2.75) is 6.92 Å². The van der Waals surface area contributed by atoms with Crippen LogP contribution < -0.4 is 11.6 Å². The molecule has 82 valence electrons. The number of rotatable bonds is 5. The zero-order valence-electron chi connectivity index (χ0n) is 9.40. The molecule has 0 unspecified atom stereocenters. The molecule has 0 amide bonds. The second-order valence-corrected chi connectivity index (χ2v) is 3.23. The predicted molar refractivity (Wildman–Crippen MR) is 66.5 cm³/mol.